The minimum Gasteiger partial charge on any atom is -0.468 e. The van der Waals surface area contributed by atoms with Gasteiger partial charge < -0.3 is 9.73 Å². The number of hydrogen-bond donors (Lipinski definition) is 1. The summed E-state index contributed by atoms with van der Waals surface area (Å²) in [4.78, 5) is 0. The molecule has 0 aliphatic carbocycles. The molecule has 0 atom stereocenters. The number of furan rings is 1. The van der Waals surface area contributed by atoms with Gasteiger partial charge >= 0.3 is 0 Å². The maximum atomic E-state index is 5.89. The smallest absolute Gasteiger partial charge is 0.115 e. The van der Waals surface area contributed by atoms with E-state index in [-0.39, 0.29) is 0 Å². The van der Waals surface area contributed by atoms with Crippen molar-refractivity contribution in [1.29, 1.82) is 0 Å². The Kier molecular flexibility index (Phi) is 2.67. The summed E-state index contributed by atoms with van der Waals surface area (Å²) < 4.78 is 5.89. The Labute approximate surface area is 102 Å². The van der Waals surface area contributed by atoms with Crippen LogP contribution in [0.1, 0.15) is 35.6 Å². The first-order chi connectivity index (χ1) is 8.27. The van der Waals surface area contributed by atoms with Crippen LogP contribution in [0.15, 0.2) is 22.8 Å². The quantitative estimate of drug-likeness (QED) is 0.809. The molecule has 2 aromatic rings. The number of benzene rings is 1. The second-order valence-electron chi connectivity index (χ2n) is 5.11. The molecule has 2 nitrogen and oxygen atoms in total. The Morgan fingerprint density at radius 2 is 1.82 bits per heavy atom. The third-order valence-electron chi connectivity index (χ3n) is 3.93. The fourth-order valence-corrected chi connectivity index (χ4v) is 2.88. The van der Waals surface area contributed by atoms with Gasteiger partial charge in [-0.3, -0.25) is 0 Å². The Balaban J connectivity index is 2.13. The molecular weight excluding hydrogens is 210 g/mol. The first-order valence-electron chi connectivity index (χ1n) is 6.45. The van der Waals surface area contributed by atoms with Gasteiger partial charge in [0.05, 0.1) is 6.26 Å². The fourth-order valence-electron chi connectivity index (χ4n) is 2.88. The van der Waals surface area contributed by atoms with Gasteiger partial charge in [-0.2, -0.15) is 0 Å². The highest BCUT2D eigenvalue weighted by Crippen LogP contribution is 2.35. The van der Waals surface area contributed by atoms with Crippen LogP contribution in [0.2, 0.25) is 0 Å². The van der Waals surface area contributed by atoms with E-state index in [4.69, 9.17) is 4.42 Å². The largest absolute Gasteiger partial charge is 0.468 e. The highest BCUT2D eigenvalue weighted by Gasteiger charge is 2.22. The predicted octanol–water partition coefficient (Wildman–Crippen LogP) is 3.52. The summed E-state index contributed by atoms with van der Waals surface area (Å²) in [5.74, 6) is 1.80. The molecule has 1 N–H and O–H groups in total. The van der Waals surface area contributed by atoms with Crippen molar-refractivity contribution in [1.82, 2.24) is 5.32 Å². The van der Waals surface area contributed by atoms with Crippen molar-refractivity contribution in [2.45, 2.75) is 32.6 Å². The summed E-state index contributed by atoms with van der Waals surface area (Å²) in [5, 5.41) is 6.06. The fraction of sp³-hybridized carbons (Fsp3) is 0.467. The summed E-state index contributed by atoms with van der Waals surface area (Å²) in [7, 11) is 0. The normalized spacial score (nSPS) is 17.8. The van der Waals surface area contributed by atoms with Gasteiger partial charge in [0.15, 0.2) is 0 Å². The third-order valence-corrected chi connectivity index (χ3v) is 3.93. The van der Waals surface area contributed by atoms with Crippen LogP contribution >= 0.6 is 0 Å². The van der Waals surface area contributed by atoms with Crippen LogP contribution in [0, 0.1) is 13.8 Å². The molecule has 2 heteroatoms. The molecule has 1 fully saturated rings. The number of hydrogen-bond acceptors (Lipinski definition) is 2. The van der Waals surface area contributed by atoms with Crippen LogP contribution in [0.5, 0.6) is 0 Å². The van der Waals surface area contributed by atoms with Crippen molar-refractivity contribution < 1.29 is 4.42 Å². The molecule has 0 amide bonds. The van der Waals surface area contributed by atoms with Crippen molar-refractivity contribution in [2.75, 3.05) is 13.1 Å². The highest BCUT2D eigenvalue weighted by atomic mass is 16.3. The molecule has 0 unspecified atom stereocenters. The number of piperidine rings is 1. The second kappa shape index (κ2) is 4.19. The molecule has 17 heavy (non-hydrogen) atoms. The third kappa shape index (κ3) is 1.77. The maximum Gasteiger partial charge on any atom is 0.115 e. The topological polar surface area (TPSA) is 25.2 Å². The number of rotatable bonds is 1. The van der Waals surface area contributed by atoms with Crippen molar-refractivity contribution in [3.05, 3.63) is 35.3 Å². The molecule has 0 radical (unpaired) electrons. The number of fused-ring (bicyclic) bond motifs is 1. The van der Waals surface area contributed by atoms with Crippen LogP contribution in [0.3, 0.4) is 0 Å². The van der Waals surface area contributed by atoms with E-state index >= 15 is 0 Å². The lowest BCUT2D eigenvalue weighted by Crippen LogP contribution is -2.26. The first-order valence-corrected chi connectivity index (χ1v) is 6.45. The average molecular weight is 229 g/mol. The van der Waals surface area contributed by atoms with Gasteiger partial charge in [0, 0.05) is 16.7 Å². The summed E-state index contributed by atoms with van der Waals surface area (Å²) in [5.41, 5.74) is 2.66. The summed E-state index contributed by atoms with van der Waals surface area (Å²) in [6.07, 6.45) is 4.32. The van der Waals surface area contributed by atoms with E-state index in [2.05, 4.69) is 31.3 Å². The lowest BCUT2D eigenvalue weighted by atomic mass is 9.91. The molecule has 0 spiro atoms. The SMILES string of the molecule is Cc1ccc(C)c2c(C3CCNCC3)occ12. The van der Waals surface area contributed by atoms with E-state index < -0.39 is 0 Å². The van der Waals surface area contributed by atoms with Crippen LogP contribution in [0.4, 0.5) is 0 Å². The molecule has 90 valence electrons. The molecule has 1 aromatic heterocycles. The monoisotopic (exact) mass is 229 g/mol. The Hall–Kier alpha value is -1.28. The van der Waals surface area contributed by atoms with Crippen LogP contribution in [-0.2, 0) is 0 Å². The van der Waals surface area contributed by atoms with Crippen molar-refractivity contribution in [2.24, 2.45) is 0 Å². The highest BCUT2D eigenvalue weighted by molar-refractivity contribution is 5.90. The Bertz CT molecular complexity index is 535. The van der Waals surface area contributed by atoms with Crippen molar-refractivity contribution in [3.8, 4) is 0 Å². The second-order valence-corrected chi connectivity index (χ2v) is 5.11. The average Bonchev–Trinajstić information content (AvgIpc) is 2.81. The number of aryl methyl sites for hydroxylation is 2. The van der Waals surface area contributed by atoms with Crippen molar-refractivity contribution in [3.63, 3.8) is 0 Å². The zero-order chi connectivity index (χ0) is 11.8. The number of nitrogens with one attached hydrogen (secondary N) is 1. The van der Waals surface area contributed by atoms with E-state index in [9.17, 15) is 0 Å². The van der Waals surface area contributed by atoms with E-state index in [1.54, 1.807) is 0 Å². The van der Waals surface area contributed by atoms with Gasteiger partial charge in [0.25, 0.3) is 0 Å². The van der Waals surface area contributed by atoms with Crippen LogP contribution < -0.4 is 5.32 Å². The zero-order valence-corrected chi connectivity index (χ0v) is 10.5. The van der Waals surface area contributed by atoms with Gasteiger partial charge in [-0.25, -0.2) is 0 Å². The Morgan fingerprint density at radius 3 is 2.59 bits per heavy atom. The summed E-state index contributed by atoms with van der Waals surface area (Å²) >= 11 is 0. The summed E-state index contributed by atoms with van der Waals surface area (Å²) in [6, 6.07) is 4.39. The van der Waals surface area contributed by atoms with Crippen LogP contribution in [-0.4, -0.2) is 13.1 Å². The van der Waals surface area contributed by atoms with Gasteiger partial charge in [0.2, 0.25) is 0 Å². The molecule has 1 aliphatic rings. The Morgan fingerprint density at radius 1 is 1.12 bits per heavy atom. The van der Waals surface area contributed by atoms with Gasteiger partial charge in [-0.1, -0.05) is 12.1 Å². The van der Waals surface area contributed by atoms with E-state index in [0.29, 0.717) is 5.92 Å². The maximum absolute atomic E-state index is 5.89. The van der Waals surface area contributed by atoms with E-state index in [1.165, 1.54) is 40.5 Å². The zero-order valence-electron chi connectivity index (χ0n) is 10.5. The van der Waals surface area contributed by atoms with Crippen molar-refractivity contribution >= 4 is 10.8 Å². The van der Waals surface area contributed by atoms with Gasteiger partial charge in [0.1, 0.15) is 5.76 Å². The molecule has 1 aliphatic heterocycles. The summed E-state index contributed by atoms with van der Waals surface area (Å²) in [6.45, 7) is 6.56. The van der Waals surface area contributed by atoms with E-state index in [1.807, 2.05) is 6.26 Å². The standard InChI is InChI=1S/C15H19NO/c1-10-3-4-11(2)14-13(10)9-17-15(14)12-5-7-16-8-6-12/h3-4,9,12,16H,5-8H2,1-2H3. The predicted molar refractivity (Wildman–Crippen MR) is 70.5 cm³/mol. The lowest BCUT2D eigenvalue weighted by molar-refractivity contribution is 0.389. The van der Waals surface area contributed by atoms with Gasteiger partial charge in [-0.15, -0.1) is 0 Å². The van der Waals surface area contributed by atoms with Crippen LogP contribution in [0.25, 0.3) is 10.8 Å². The molecule has 1 saturated heterocycles. The molecule has 0 bridgehead atoms. The molecule has 0 saturated carbocycles. The lowest BCUT2D eigenvalue weighted by Gasteiger charge is -2.21. The first kappa shape index (κ1) is 10.8. The minimum atomic E-state index is 0.592. The minimum absolute atomic E-state index is 0.592. The molecule has 1 aromatic carbocycles. The molecular formula is C15H19NO. The molecule has 3 rings (SSSR count). The van der Waals surface area contributed by atoms with E-state index in [0.717, 1.165) is 13.1 Å². The van der Waals surface area contributed by atoms with Gasteiger partial charge in [-0.05, 0) is 50.9 Å². The molecule has 2 heterocycles.